The molecule has 3 heteroatoms. The van der Waals surface area contributed by atoms with Gasteiger partial charge in [0.25, 0.3) is 0 Å². The minimum absolute atomic E-state index is 0.478. The second kappa shape index (κ2) is 4.58. The van der Waals surface area contributed by atoms with E-state index in [2.05, 4.69) is 21.2 Å². The number of halogens is 1. The maximum Gasteiger partial charge on any atom is 0.111 e. The lowest BCUT2D eigenvalue weighted by molar-refractivity contribution is 1.51. The number of nitrogens with one attached hydrogen (secondary N) is 1. The smallest absolute Gasteiger partial charge is 0.111 e. The van der Waals surface area contributed by atoms with Gasteiger partial charge in [0.1, 0.15) is 10.6 Å². The van der Waals surface area contributed by atoms with Gasteiger partial charge in [-0.3, -0.25) is 0 Å². The fourth-order valence-corrected chi connectivity index (χ4v) is 0.828. The van der Waals surface area contributed by atoms with Crippen molar-refractivity contribution in [3.63, 3.8) is 0 Å². The highest BCUT2D eigenvalue weighted by Crippen LogP contribution is 2.07. The summed E-state index contributed by atoms with van der Waals surface area (Å²) in [5, 5.41) is 11.4. The molecule has 1 N–H and O–H groups in total. The number of allylic oxidation sites excluding steroid dienone is 1. The normalized spacial score (nSPS) is 10.5. The van der Waals surface area contributed by atoms with Crippen LogP contribution >= 0.6 is 15.9 Å². The zero-order valence-corrected chi connectivity index (χ0v) is 7.88. The topological polar surface area (TPSA) is 35.8 Å². The van der Waals surface area contributed by atoms with Gasteiger partial charge in [-0.2, -0.15) is 5.26 Å². The monoisotopic (exact) mass is 222 g/mol. The predicted octanol–water partition coefficient (Wildman–Crippen LogP) is 2.86. The van der Waals surface area contributed by atoms with Crippen LogP contribution in [0, 0.1) is 11.3 Å². The van der Waals surface area contributed by atoms with Crippen LogP contribution in [0.5, 0.6) is 0 Å². The number of para-hydroxylation sites is 1. The number of hydrogen-bond donors (Lipinski definition) is 1. The fraction of sp³-hybridized carbons (Fsp3) is 0. The standard InChI is InChI=1S/C9H7BrN2/c10-8(6-11)7-12-9-4-2-1-3-5-9/h1-5,7,12H/b8-7-. The van der Waals surface area contributed by atoms with Crippen LogP contribution in [-0.4, -0.2) is 0 Å². The summed E-state index contributed by atoms with van der Waals surface area (Å²) >= 11 is 3.07. The predicted molar refractivity (Wildman–Crippen MR) is 52.7 cm³/mol. The van der Waals surface area contributed by atoms with Gasteiger partial charge in [-0.15, -0.1) is 0 Å². The van der Waals surface area contributed by atoms with Crippen molar-refractivity contribution >= 4 is 21.6 Å². The highest BCUT2D eigenvalue weighted by atomic mass is 79.9. The summed E-state index contributed by atoms with van der Waals surface area (Å²) in [5.41, 5.74) is 0.963. The molecule has 60 valence electrons. The van der Waals surface area contributed by atoms with Gasteiger partial charge in [-0.1, -0.05) is 18.2 Å². The van der Waals surface area contributed by atoms with Crippen LogP contribution in [-0.2, 0) is 0 Å². The molecule has 1 aromatic rings. The molecule has 0 saturated carbocycles. The lowest BCUT2D eigenvalue weighted by Gasteiger charge is -1.97. The maximum absolute atomic E-state index is 8.41. The van der Waals surface area contributed by atoms with E-state index in [0.29, 0.717) is 4.48 Å². The van der Waals surface area contributed by atoms with Gasteiger partial charge in [-0.05, 0) is 28.1 Å². The quantitative estimate of drug-likeness (QED) is 0.782. The zero-order chi connectivity index (χ0) is 8.81. The molecule has 0 bridgehead atoms. The van der Waals surface area contributed by atoms with E-state index in [4.69, 9.17) is 5.26 Å². The molecule has 0 atom stereocenters. The molecule has 0 unspecified atom stereocenters. The number of rotatable bonds is 2. The maximum atomic E-state index is 8.41. The zero-order valence-electron chi connectivity index (χ0n) is 6.29. The summed E-state index contributed by atoms with van der Waals surface area (Å²) in [6.07, 6.45) is 1.61. The number of anilines is 1. The summed E-state index contributed by atoms with van der Waals surface area (Å²) in [6, 6.07) is 11.6. The summed E-state index contributed by atoms with van der Waals surface area (Å²) in [7, 11) is 0. The van der Waals surface area contributed by atoms with Crippen LogP contribution in [0.15, 0.2) is 41.0 Å². The molecule has 0 amide bonds. The molecule has 0 aromatic heterocycles. The SMILES string of the molecule is N#C/C(Br)=C/Nc1ccccc1. The van der Waals surface area contributed by atoms with E-state index >= 15 is 0 Å². The van der Waals surface area contributed by atoms with Gasteiger partial charge in [0.2, 0.25) is 0 Å². The van der Waals surface area contributed by atoms with Gasteiger partial charge in [-0.25, -0.2) is 0 Å². The van der Waals surface area contributed by atoms with Gasteiger partial charge in [0, 0.05) is 11.9 Å². The Bertz CT molecular complexity index is 311. The second-order valence-electron chi connectivity index (χ2n) is 2.11. The van der Waals surface area contributed by atoms with E-state index < -0.39 is 0 Å². The average Bonchev–Trinajstić information content (AvgIpc) is 2.16. The summed E-state index contributed by atoms with van der Waals surface area (Å²) in [6.45, 7) is 0. The molecule has 0 aliphatic heterocycles. The van der Waals surface area contributed by atoms with Crippen LogP contribution in [0.4, 0.5) is 5.69 Å². The van der Waals surface area contributed by atoms with Gasteiger partial charge in [0.05, 0.1) is 0 Å². The van der Waals surface area contributed by atoms with Crippen LogP contribution in [0.3, 0.4) is 0 Å². The second-order valence-corrected chi connectivity index (χ2v) is 2.97. The highest BCUT2D eigenvalue weighted by Gasteiger charge is 1.86. The van der Waals surface area contributed by atoms with E-state index in [1.54, 1.807) is 6.20 Å². The molecule has 0 radical (unpaired) electrons. The van der Waals surface area contributed by atoms with E-state index in [0.717, 1.165) is 5.69 Å². The van der Waals surface area contributed by atoms with Crippen molar-refractivity contribution in [1.29, 1.82) is 5.26 Å². The summed E-state index contributed by atoms with van der Waals surface area (Å²) in [5.74, 6) is 0. The first kappa shape index (κ1) is 8.82. The Morgan fingerprint density at radius 1 is 1.42 bits per heavy atom. The van der Waals surface area contributed by atoms with Crippen LogP contribution in [0.25, 0.3) is 0 Å². The van der Waals surface area contributed by atoms with Crippen molar-refractivity contribution < 1.29 is 0 Å². The number of nitrogens with zero attached hydrogens (tertiary/aromatic N) is 1. The third-order valence-electron chi connectivity index (χ3n) is 1.25. The lowest BCUT2D eigenvalue weighted by atomic mass is 10.3. The van der Waals surface area contributed by atoms with Crippen molar-refractivity contribution in [2.45, 2.75) is 0 Å². The Labute approximate surface area is 79.6 Å². The summed E-state index contributed by atoms with van der Waals surface area (Å²) in [4.78, 5) is 0. The van der Waals surface area contributed by atoms with E-state index in [-0.39, 0.29) is 0 Å². The number of hydrogen-bond acceptors (Lipinski definition) is 2. The minimum atomic E-state index is 0.478. The molecule has 0 saturated heterocycles. The third-order valence-corrected chi connectivity index (χ3v) is 1.65. The average molecular weight is 223 g/mol. The van der Waals surface area contributed by atoms with E-state index in [9.17, 15) is 0 Å². The number of benzene rings is 1. The highest BCUT2D eigenvalue weighted by molar-refractivity contribution is 9.12. The minimum Gasteiger partial charge on any atom is -0.360 e. The Morgan fingerprint density at radius 3 is 2.67 bits per heavy atom. The third kappa shape index (κ3) is 2.77. The van der Waals surface area contributed by atoms with Gasteiger partial charge in [0.15, 0.2) is 0 Å². The van der Waals surface area contributed by atoms with E-state index in [1.165, 1.54) is 0 Å². The van der Waals surface area contributed by atoms with Crippen molar-refractivity contribution in [2.24, 2.45) is 0 Å². The van der Waals surface area contributed by atoms with Crippen LogP contribution < -0.4 is 5.32 Å². The molecule has 0 spiro atoms. The molecule has 1 aromatic carbocycles. The largest absolute Gasteiger partial charge is 0.360 e. The first-order valence-electron chi connectivity index (χ1n) is 3.40. The fourth-order valence-electron chi connectivity index (χ4n) is 0.713. The Hall–Kier alpha value is -1.27. The van der Waals surface area contributed by atoms with Crippen LogP contribution in [0.2, 0.25) is 0 Å². The molecule has 0 aliphatic carbocycles. The number of nitriles is 1. The molecular weight excluding hydrogens is 216 g/mol. The van der Waals surface area contributed by atoms with Crippen LogP contribution in [0.1, 0.15) is 0 Å². The lowest BCUT2D eigenvalue weighted by Crippen LogP contribution is -1.86. The van der Waals surface area contributed by atoms with Gasteiger partial charge >= 0.3 is 0 Å². The first-order chi connectivity index (χ1) is 5.83. The van der Waals surface area contributed by atoms with Crippen molar-refractivity contribution in [3.05, 3.63) is 41.0 Å². The Kier molecular flexibility index (Phi) is 3.36. The molecule has 0 fully saturated rings. The van der Waals surface area contributed by atoms with E-state index in [1.807, 2.05) is 36.4 Å². The Morgan fingerprint density at radius 2 is 2.08 bits per heavy atom. The molecule has 0 aliphatic rings. The van der Waals surface area contributed by atoms with Crippen molar-refractivity contribution in [3.8, 4) is 6.07 Å². The first-order valence-corrected chi connectivity index (χ1v) is 4.19. The molecule has 1 rings (SSSR count). The molecular formula is C9H7BrN2. The molecule has 0 heterocycles. The van der Waals surface area contributed by atoms with Gasteiger partial charge < -0.3 is 5.32 Å². The van der Waals surface area contributed by atoms with Crippen molar-refractivity contribution in [2.75, 3.05) is 5.32 Å². The molecule has 12 heavy (non-hydrogen) atoms. The molecule has 2 nitrogen and oxygen atoms in total. The van der Waals surface area contributed by atoms with Crippen molar-refractivity contribution in [1.82, 2.24) is 0 Å². The summed E-state index contributed by atoms with van der Waals surface area (Å²) < 4.78 is 0.478. The Balaban J connectivity index is 2.61.